The molecule has 0 amide bonds. The van der Waals surface area contributed by atoms with Crippen molar-refractivity contribution in [2.45, 2.75) is 45.6 Å². The van der Waals surface area contributed by atoms with Crippen molar-refractivity contribution in [3.63, 3.8) is 0 Å². The molecular formula is C9H19NO. The van der Waals surface area contributed by atoms with Crippen LogP contribution in [0.15, 0.2) is 0 Å². The van der Waals surface area contributed by atoms with Gasteiger partial charge in [0, 0.05) is 6.04 Å². The van der Waals surface area contributed by atoms with Crippen molar-refractivity contribution in [1.29, 1.82) is 0 Å². The monoisotopic (exact) mass is 157 g/mol. The second-order valence-corrected chi connectivity index (χ2v) is 3.80. The van der Waals surface area contributed by atoms with Crippen molar-refractivity contribution < 1.29 is 4.84 Å². The Balaban J connectivity index is 1.94. The SMILES string of the molecule is CC(C)CONC1CCCC1. The molecule has 0 saturated heterocycles. The van der Waals surface area contributed by atoms with Crippen LogP contribution in [-0.4, -0.2) is 12.6 Å². The van der Waals surface area contributed by atoms with Crippen LogP contribution >= 0.6 is 0 Å². The first-order valence-corrected chi connectivity index (χ1v) is 4.66. The fourth-order valence-corrected chi connectivity index (χ4v) is 1.38. The number of nitrogens with one attached hydrogen (secondary N) is 1. The molecule has 1 fully saturated rings. The minimum Gasteiger partial charge on any atom is -0.301 e. The Kier molecular flexibility index (Phi) is 3.87. The van der Waals surface area contributed by atoms with E-state index in [0.29, 0.717) is 12.0 Å². The summed E-state index contributed by atoms with van der Waals surface area (Å²) in [6.07, 6.45) is 5.31. The summed E-state index contributed by atoms with van der Waals surface area (Å²) in [5.41, 5.74) is 3.11. The first-order valence-electron chi connectivity index (χ1n) is 4.66. The summed E-state index contributed by atoms with van der Waals surface area (Å²) in [6.45, 7) is 5.16. The Hall–Kier alpha value is -0.0800. The minimum atomic E-state index is 0.629. The molecule has 0 bridgehead atoms. The molecule has 0 aromatic heterocycles. The summed E-state index contributed by atoms with van der Waals surface area (Å²) in [4.78, 5) is 5.33. The minimum absolute atomic E-state index is 0.629. The Morgan fingerprint density at radius 3 is 2.55 bits per heavy atom. The van der Waals surface area contributed by atoms with Crippen LogP contribution in [0.25, 0.3) is 0 Å². The summed E-state index contributed by atoms with van der Waals surface area (Å²) < 4.78 is 0. The van der Waals surface area contributed by atoms with E-state index in [4.69, 9.17) is 4.84 Å². The van der Waals surface area contributed by atoms with Crippen molar-refractivity contribution in [3.05, 3.63) is 0 Å². The largest absolute Gasteiger partial charge is 0.301 e. The summed E-state index contributed by atoms with van der Waals surface area (Å²) in [5, 5.41) is 0. The Morgan fingerprint density at radius 1 is 1.36 bits per heavy atom. The number of rotatable bonds is 4. The third kappa shape index (κ3) is 3.73. The van der Waals surface area contributed by atoms with Crippen LogP contribution in [0.5, 0.6) is 0 Å². The van der Waals surface area contributed by atoms with Crippen LogP contribution in [0.2, 0.25) is 0 Å². The third-order valence-corrected chi connectivity index (χ3v) is 2.02. The van der Waals surface area contributed by atoms with Gasteiger partial charge in [0.25, 0.3) is 0 Å². The molecule has 1 rings (SSSR count). The average Bonchev–Trinajstić information content (AvgIpc) is 2.39. The molecule has 1 aliphatic rings. The fourth-order valence-electron chi connectivity index (χ4n) is 1.38. The van der Waals surface area contributed by atoms with E-state index in [1.165, 1.54) is 25.7 Å². The predicted molar refractivity (Wildman–Crippen MR) is 46.2 cm³/mol. The molecule has 0 heterocycles. The van der Waals surface area contributed by atoms with E-state index in [1.54, 1.807) is 0 Å². The Morgan fingerprint density at radius 2 is 2.00 bits per heavy atom. The van der Waals surface area contributed by atoms with Crippen molar-refractivity contribution >= 4 is 0 Å². The lowest BCUT2D eigenvalue weighted by Crippen LogP contribution is -2.27. The Labute approximate surface area is 69.3 Å². The van der Waals surface area contributed by atoms with Gasteiger partial charge in [-0.15, -0.1) is 0 Å². The van der Waals surface area contributed by atoms with Crippen LogP contribution < -0.4 is 5.48 Å². The normalized spacial score (nSPS) is 19.9. The topological polar surface area (TPSA) is 21.3 Å². The lowest BCUT2D eigenvalue weighted by molar-refractivity contribution is 0.00234. The van der Waals surface area contributed by atoms with E-state index in [2.05, 4.69) is 19.3 Å². The molecule has 66 valence electrons. The maximum Gasteiger partial charge on any atom is 0.0705 e. The fraction of sp³-hybridized carbons (Fsp3) is 1.00. The van der Waals surface area contributed by atoms with Gasteiger partial charge in [-0.25, -0.2) is 0 Å². The molecule has 11 heavy (non-hydrogen) atoms. The van der Waals surface area contributed by atoms with Crippen molar-refractivity contribution in [2.75, 3.05) is 6.61 Å². The molecule has 0 radical (unpaired) electrons. The lowest BCUT2D eigenvalue weighted by atomic mass is 10.2. The second-order valence-electron chi connectivity index (χ2n) is 3.80. The van der Waals surface area contributed by atoms with Crippen LogP contribution in [0.1, 0.15) is 39.5 Å². The zero-order valence-electron chi connectivity index (χ0n) is 7.60. The lowest BCUT2D eigenvalue weighted by Gasteiger charge is -2.12. The zero-order chi connectivity index (χ0) is 8.10. The van der Waals surface area contributed by atoms with Gasteiger partial charge in [-0.1, -0.05) is 26.7 Å². The van der Waals surface area contributed by atoms with Gasteiger partial charge >= 0.3 is 0 Å². The van der Waals surface area contributed by atoms with E-state index in [-0.39, 0.29) is 0 Å². The van der Waals surface area contributed by atoms with Crippen LogP contribution in [0, 0.1) is 5.92 Å². The van der Waals surface area contributed by atoms with E-state index >= 15 is 0 Å². The van der Waals surface area contributed by atoms with E-state index in [1.807, 2.05) is 0 Å². The molecule has 1 saturated carbocycles. The first-order chi connectivity index (χ1) is 5.29. The third-order valence-electron chi connectivity index (χ3n) is 2.02. The highest BCUT2D eigenvalue weighted by Gasteiger charge is 2.14. The second kappa shape index (κ2) is 4.73. The predicted octanol–water partition coefficient (Wildman–Crippen LogP) is 2.11. The number of hydrogen-bond donors (Lipinski definition) is 1. The number of hydroxylamine groups is 1. The highest BCUT2D eigenvalue weighted by atomic mass is 16.6. The van der Waals surface area contributed by atoms with Gasteiger partial charge in [-0.2, -0.15) is 5.48 Å². The molecule has 2 nitrogen and oxygen atoms in total. The molecule has 0 spiro atoms. The summed E-state index contributed by atoms with van der Waals surface area (Å²) in [7, 11) is 0. The maximum absolute atomic E-state index is 5.33. The number of hydrogen-bond acceptors (Lipinski definition) is 2. The van der Waals surface area contributed by atoms with Crippen molar-refractivity contribution in [1.82, 2.24) is 5.48 Å². The summed E-state index contributed by atoms with van der Waals surface area (Å²) in [6, 6.07) is 0.633. The smallest absolute Gasteiger partial charge is 0.0705 e. The molecule has 2 heteroatoms. The van der Waals surface area contributed by atoms with Gasteiger partial charge in [-0.05, 0) is 18.8 Å². The zero-order valence-corrected chi connectivity index (χ0v) is 7.60. The molecular weight excluding hydrogens is 138 g/mol. The standard InChI is InChI=1S/C9H19NO/c1-8(2)7-11-10-9-5-3-4-6-9/h8-10H,3-7H2,1-2H3. The highest BCUT2D eigenvalue weighted by molar-refractivity contribution is 4.69. The van der Waals surface area contributed by atoms with Crippen LogP contribution in [0.3, 0.4) is 0 Å². The molecule has 0 aromatic rings. The van der Waals surface area contributed by atoms with Crippen LogP contribution in [-0.2, 0) is 4.84 Å². The van der Waals surface area contributed by atoms with Gasteiger partial charge in [0.05, 0.1) is 6.61 Å². The first kappa shape index (κ1) is 9.01. The highest BCUT2D eigenvalue weighted by Crippen LogP contribution is 2.17. The van der Waals surface area contributed by atoms with Gasteiger partial charge in [0.15, 0.2) is 0 Å². The molecule has 0 unspecified atom stereocenters. The average molecular weight is 157 g/mol. The summed E-state index contributed by atoms with van der Waals surface area (Å²) >= 11 is 0. The molecule has 0 aromatic carbocycles. The summed E-state index contributed by atoms with van der Waals surface area (Å²) in [5.74, 6) is 0.629. The van der Waals surface area contributed by atoms with E-state index in [0.717, 1.165) is 6.61 Å². The molecule has 1 N–H and O–H groups in total. The molecule has 0 atom stereocenters. The van der Waals surface area contributed by atoms with Gasteiger partial charge < -0.3 is 4.84 Å². The molecule has 1 aliphatic carbocycles. The van der Waals surface area contributed by atoms with Crippen molar-refractivity contribution in [2.24, 2.45) is 5.92 Å². The molecule has 0 aliphatic heterocycles. The van der Waals surface area contributed by atoms with Crippen LogP contribution in [0.4, 0.5) is 0 Å². The quantitative estimate of drug-likeness (QED) is 0.631. The van der Waals surface area contributed by atoms with Crippen molar-refractivity contribution in [3.8, 4) is 0 Å². The Bertz CT molecular complexity index is 97.7. The maximum atomic E-state index is 5.33. The van der Waals surface area contributed by atoms with E-state index in [9.17, 15) is 0 Å². The van der Waals surface area contributed by atoms with Gasteiger partial charge in [-0.3, -0.25) is 0 Å². The van der Waals surface area contributed by atoms with Gasteiger partial charge in [0.2, 0.25) is 0 Å². The van der Waals surface area contributed by atoms with E-state index < -0.39 is 0 Å². The van der Waals surface area contributed by atoms with Gasteiger partial charge in [0.1, 0.15) is 0 Å².